The maximum absolute atomic E-state index is 14.9. The molecule has 2 aliphatic rings. The first-order valence-electron chi connectivity index (χ1n) is 15.4. The third kappa shape index (κ3) is 6.41. The summed E-state index contributed by atoms with van der Waals surface area (Å²) in [7, 11) is 0. The number of aromatic hydroxyl groups is 1. The molecule has 3 rings (SSSR count). The highest BCUT2D eigenvalue weighted by Crippen LogP contribution is 2.65. The van der Waals surface area contributed by atoms with E-state index >= 15 is 0 Å². The Kier molecular flexibility index (Phi) is 10.3. The zero-order valence-corrected chi connectivity index (χ0v) is 27.6. The van der Waals surface area contributed by atoms with Crippen LogP contribution in [0.3, 0.4) is 0 Å². The van der Waals surface area contributed by atoms with Crippen molar-refractivity contribution in [2.45, 2.75) is 101 Å². The molecule has 0 aliphatic heterocycles. The monoisotopic (exact) mass is 586 g/mol. The van der Waals surface area contributed by atoms with E-state index in [0.717, 1.165) is 24.0 Å². The maximum Gasteiger partial charge on any atom is 0.184 e. The molecule has 43 heavy (non-hydrogen) atoms. The topological polar surface area (TPSA) is 91.7 Å². The first kappa shape index (κ1) is 34.0. The molecule has 3 atom stereocenters. The summed E-state index contributed by atoms with van der Waals surface area (Å²) in [6.07, 6.45) is 11.4. The Morgan fingerprint density at radius 1 is 0.860 bits per heavy atom. The van der Waals surface area contributed by atoms with E-state index in [-0.39, 0.29) is 41.4 Å². The molecule has 2 aliphatic carbocycles. The van der Waals surface area contributed by atoms with Gasteiger partial charge < -0.3 is 10.2 Å². The minimum Gasteiger partial charge on any atom is -0.508 e. The first-order valence-corrected chi connectivity index (χ1v) is 15.4. The lowest BCUT2D eigenvalue weighted by Crippen LogP contribution is -2.69. The summed E-state index contributed by atoms with van der Waals surface area (Å²) in [6, 6.07) is 5.89. The second-order valence-corrected chi connectivity index (χ2v) is 13.9. The number of carbonyl (C=O) groups is 3. The van der Waals surface area contributed by atoms with Crippen molar-refractivity contribution in [1.29, 1.82) is 0 Å². The van der Waals surface area contributed by atoms with Crippen LogP contribution < -0.4 is 0 Å². The summed E-state index contributed by atoms with van der Waals surface area (Å²) in [5.74, 6) is -2.26. The quantitative estimate of drug-likeness (QED) is 0.0937. The van der Waals surface area contributed by atoms with Crippen molar-refractivity contribution in [2.75, 3.05) is 0 Å². The minimum atomic E-state index is -1.54. The fraction of sp³-hybridized carbons (Fsp3) is 0.500. The molecule has 0 radical (unpaired) electrons. The average molecular weight is 587 g/mol. The highest BCUT2D eigenvalue weighted by molar-refractivity contribution is 6.41. The first-order chi connectivity index (χ1) is 20.0. The molecule has 0 unspecified atom stereocenters. The van der Waals surface area contributed by atoms with Gasteiger partial charge in [-0.1, -0.05) is 72.6 Å². The van der Waals surface area contributed by atoms with Crippen LogP contribution >= 0.6 is 0 Å². The number of hydrogen-bond acceptors (Lipinski definition) is 5. The molecule has 2 saturated carbocycles. The van der Waals surface area contributed by atoms with Gasteiger partial charge in [-0.15, -0.1) is 0 Å². The van der Waals surface area contributed by atoms with E-state index < -0.39 is 33.6 Å². The highest BCUT2D eigenvalue weighted by atomic mass is 16.3. The third-order valence-corrected chi connectivity index (χ3v) is 9.69. The number of allylic oxidation sites excluding steroid dienone is 9. The van der Waals surface area contributed by atoms with Gasteiger partial charge in [-0.05, 0) is 110 Å². The lowest BCUT2D eigenvalue weighted by atomic mass is 9.38. The summed E-state index contributed by atoms with van der Waals surface area (Å²) < 4.78 is 0. The Labute approximate surface area is 258 Å². The molecule has 2 fully saturated rings. The SMILES string of the molecule is CC(C)=CCC/C(C)=C/C[C@H]1C[C@@]2(CC=C(C)C)C(=O)/C(=C(/O)c3cccc(O)c3)C(=O)[C@](CC=C(C)C)(C2=O)C1(C)C. The molecule has 232 valence electrons. The minimum absolute atomic E-state index is 0.0951. The summed E-state index contributed by atoms with van der Waals surface area (Å²) >= 11 is 0. The number of aliphatic hydroxyl groups excluding tert-OH is 1. The van der Waals surface area contributed by atoms with E-state index in [1.54, 1.807) is 12.1 Å². The zero-order valence-electron chi connectivity index (χ0n) is 27.6. The molecule has 1 aromatic rings. The van der Waals surface area contributed by atoms with E-state index in [4.69, 9.17) is 0 Å². The van der Waals surface area contributed by atoms with E-state index in [9.17, 15) is 24.6 Å². The van der Waals surface area contributed by atoms with Crippen LogP contribution in [0.25, 0.3) is 5.76 Å². The average Bonchev–Trinajstić information content (AvgIpc) is 2.91. The Bertz CT molecular complexity index is 1430. The van der Waals surface area contributed by atoms with Crippen molar-refractivity contribution in [3.8, 4) is 5.75 Å². The van der Waals surface area contributed by atoms with Gasteiger partial charge in [0.1, 0.15) is 22.5 Å². The molecule has 5 heteroatoms. The number of hydrogen-bond donors (Lipinski definition) is 2. The van der Waals surface area contributed by atoms with Crippen LogP contribution in [-0.2, 0) is 14.4 Å². The number of phenolic OH excluding ortho intramolecular Hbond substituents is 1. The standard InChI is InChI=1S/C38H50O5/c1-24(2)12-10-13-27(7)16-17-29-23-37(20-18-25(3)4)33(41)31(32(40)28-14-11-15-30(39)22-28)34(42)38(35(37)43,36(29,8)9)21-19-26(5)6/h11-12,14-16,18-19,22,29,39-40H,10,13,17,20-21,23H2,1-9H3/b27-16+,32-31-/t29-,37-,38+/m0/s1. The molecule has 2 N–H and O–H groups in total. The van der Waals surface area contributed by atoms with Gasteiger partial charge in [0.2, 0.25) is 0 Å². The third-order valence-electron chi connectivity index (χ3n) is 9.69. The highest BCUT2D eigenvalue weighted by Gasteiger charge is 2.73. The Morgan fingerprint density at radius 2 is 1.47 bits per heavy atom. The maximum atomic E-state index is 14.9. The van der Waals surface area contributed by atoms with Crippen molar-refractivity contribution in [3.05, 3.63) is 82.0 Å². The number of Topliss-reactive ketones (excluding diaryl/α,β-unsaturated/α-hetero) is 3. The lowest BCUT2D eigenvalue weighted by molar-refractivity contribution is -0.176. The lowest BCUT2D eigenvalue weighted by Gasteiger charge is -2.60. The largest absolute Gasteiger partial charge is 0.508 e. The molecular formula is C38H50O5. The number of aliphatic hydroxyl groups is 1. The Hall–Kier alpha value is -3.47. The fourth-order valence-corrected chi connectivity index (χ4v) is 6.84. The van der Waals surface area contributed by atoms with Crippen LogP contribution in [0.5, 0.6) is 5.75 Å². The molecular weight excluding hydrogens is 536 g/mol. The molecule has 0 amide bonds. The number of rotatable bonds is 10. The summed E-state index contributed by atoms with van der Waals surface area (Å²) in [6.45, 7) is 18.0. The number of phenols is 1. The molecule has 0 spiro atoms. The molecule has 5 nitrogen and oxygen atoms in total. The van der Waals surface area contributed by atoms with E-state index in [1.165, 1.54) is 23.3 Å². The summed E-state index contributed by atoms with van der Waals surface area (Å²) in [5, 5.41) is 21.6. The molecule has 1 aromatic carbocycles. The van der Waals surface area contributed by atoms with Crippen molar-refractivity contribution < 1.29 is 24.6 Å². The van der Waals surface area contributed by atoms with Gasteiger partial charge in [-0.2, -0.15) is 0 Å². The van der Waals surface area contributed by atoms with Gasteiger partial charge >= 0.3 is 0 Å². The van der Waals surface area contributed by atoms with Crippen LogP contribution in [0.15, 0.2) is 76.4 Å². The molecule has 0 heterocycles. The second-order valence-electron chi connectivity index (χ2n) is 13.9. The van der Waals surface area contributed by atoms with Crippen molar-refractivity contribution >= 4 is 23.1 Å². The normalized spacial score (nSPS) is 26.1. The number of carbonyl (C=O) groups excluding carboxylic acids is 3. The van der Waals surface area contributed by atoms with Gasteiger partial charge in [-0.25, -0.2) is 0 Å². The molecule has 2 bridgehead atoms. The van der Waals surface area contributed by atoms with Crippen molar-refractivity contribution in [1.82, 2.24) is 0 Å². The summed E-state index contributed by atoms with van der Waals surface area (Å²) in [5.41, 5.74) is 0.474. The van der Waals surface area contributed by atoms with Gasteiger partial charge in [0.05, 0.1) is 5.41 Å². The van der Waals surface area contributed by atoms with Gasteiger partial charge in [0.15, 0.2) is 17.3 Å². The van der Waals surface area contributed by atoms with Crippen LogP contribution in [0.4, 0.5) is 0 Å². The number of ketones is 3. The van der Waals surface area contributed by atoms with E-state index in [0.29, 0.717) is 12.8 Å². The van der Waals surface area contributed by atoms with Crippen molar-refractivity contribution in [2.24, 2.45) is 22.2 Å². The van der Waals surface area contributed by atoms with Crippen LogP contribution in [0, 0.1) is 22.2 Å². The van der Waals surface area contributed by atoms with Crippen molar-refractivity contribution in [3.63, 3.8) is 0 Å². The molecule has 0 saturated heterocycles. The smallest absolute Gasteiger partial charge is 0.184 e. The Morgan fingerprint density at radius 3 is 2.05 bits per heavy atom. The van der Waals surface area contributed by atoms with Crippen LogP contribution in [0.2, 0.25) is 0 Å². The number of fused-ring (bicyclic) bond motifs is 2. The van der Waals surface area contributed by atoms with E-state index in [2.05, 4.69) is 32.9 Å². The summed E-state index contributed by atoms with van der Waals surface area (Å²) in [4.78, 5) is 44.3. The zero-order chi connectivity index (χ0) is 32.3. The van der Waals surface area contributed by atoms with Gasteiger partial charge in [-0.3, -0.25) is 14.4 Å². The predicted molar refractivity (Wildman–Crippen MR) is 175 cm³/mol. The van der Waals surface area contributed by atoms with Crippen LogP contribution in [-0.4, -0.2) is 27.6 Å². The second kappa shape index (κ2) is 13.0. The number of benzene rings is 1. The van der Waals surface area contributed by atoms with Crippen LogP contribution in [0.1, 0.15) is 106 Å². The fourth-order valence-electron chi connectivity index (χ4n) is 6.84. The molecule has 0 aromatic heterocycles. The van der Waals surface area contributed by atoms with Gasteiger partial charge in [0, 0.05) is 5.56 Å². The Balaban J connectivity index is 2.31. The predicted octanol–water partition coefficient (Wildman–Crippen LogP) is 9.20. The van der Waals surface area contributed by atoms with E-state index in [1.807, 2.05) is 53.7 Å². The van der Waals surface area contributed by atoms with Gasteiger partial charge in [0.25, 0.3) is 0 Å².